The van der Waals surface area contributed by atoms with E-state index in [0.29, 0.717) is 6.54 Å². The van der Waals surface area contributed by atoms with Crippen molar-refractivity contribution in [2.24, 2.45) is 4.99 Å². The molecule has 2 aromatic rings. The fourth-order valence-electron chi connectivity index (χ4n) is 2.97. The SMILES string of the molecule is C#C.C=C(C)C.CN/C=C\C=C/C/C(C)=C/c1cc(C)ccc1CN=C(C)c1cccc(C)c1. The summed E-state index contributed by atoms with van der Waals surface area (Å²) in [4.78, 5) is 4.86. The van der Waals surface area contributed by atoms with Crippen molar-refractivity contribution in [3.05, 3.63) is 112 Å². The van der Waals surface area contributed by atoms with E-state index in [9.17, 15) is 0 Å². The van der Waals surface area contributed by atoms with Gasteiger partial charge in [0.05, 0.1) is 6.54 Å². The van der Waals surface area contributed by atoms with Gasteiger partial charge in [-0.15, -0.1) is 19.4 Å². The Morgan fingerprint density at radius 3 is 2.24 bits per heavy atom. The van der Waals surface area contributed by atoms with Gasteiger partial charge in [0.1, 0.15) is 0 Å². The van der Waals surface area contributed by atoms with E-state index in [0.717, 1.165) is 12.1 Å². The van der Waals surface area contributed by atoms with Crippen LogP contribution in [0.1, 0.15) is 61.9 Å². The molecule has 0 heterocycles. The summed E-state index contributed by atoms with van der Waals surface area (Å²) in [5.41, 5.74) is 9.83. The number of nitrogens with zero attached hydrogens (tertiary/aromatic N) is 1. The Morgan fingerprint density at radius 2 is 1.62 bits per heavy atom. The van der Waals surface area contributed by atoms with Crippen molar-refractivity contribution in [3.8, 4) is 12.8 Å². The Kier molecular flexibility index (Phi) is 16.0. The average molecular weight is 455 g/mol. The Labute approximate surface area is 208 Å². The van der Waals surface area contributed by atoms with Gasteiger partial charge in [0.25, 0.3) is 0 Å². The van der Waals surface area contributed by atoms with E-state index >= 15 is 0 Å². The molecule has 0 aliphatic heterocycles. The summed E-state index contributed by atoms with van der Waals surface area (Å²) >= 11 is 0. The first-order chi connectivity index (χ1) is 16.2. The van der Waals surface area contributed by atoms with Crippen LogP contribution in [0.3, 0.4) is 0 Å². The third kappa shape index (κ3) is 13.8. The van der Waals surface area contributed by atoms with Gasteiger partial charge in [-0.2, -0.15) is 0 Å². The zero-order chi connectivity index (χ0) is 25.9. The van der Waals surface area contributed by atoms with Crippen LogP contribution in [0, 0.1) is 26.7 Å². The zero-order valence-corrected chi connectivity index (χ0v) is 22.2. The number of terminal acetylenes is 1. The highest BCUT2D eigenvalue weighted by Crippen LogP contribution is 2.19. The van der Waals surface area contributed by atoms with Gasteiger partial charge in [0.2, 0.25) is 0 Å². The Bertz CT molecular complexity index is 1030. The van der Waals surface area contributed by atoms with E-state index in [2.05, 4.69) is 113 Å². The minimum atomic E-state index is 0.694. The smallest absolute Gasteiger partial charge is 0.0648 e. The molecule has 0 aliphatic carbocycles. The highest BCUT2D eigenvalue weighted by Gasteiger charge is 2.03. The van der Waals surface area contributed by atoms with Crippen LogP contribution in [0.15, 0.2) is 89.6 Å². The van der Waals surface area contributed by atoms with Crippen LogP contribution >= 0.6 is 0 Å². The minimum absolute atomic E-state index is 0.694. The third-order valence-electron chi connectivity index (χ3n) is 4.58. The molecule has 2 heteroatoms. The van der Waals surface area contributed by atoms with Crippen LogP contribution in [0.4, 0.5) is 0 Å². The molecule has 2 nitrogen and oxygen atoms in total. The third-order valence-corrected chi connectivity index (χ3v) is 4.58. The standard InChI is InChI=1S/C26H32N2.C4H8.C2H2/c1-20(10-7-6-8-15-27-5)17-26-18-22(3)13-14-25(26)19-28-23(4)24-12-9-11-21(2)16-24;1-4(2)3;1-2/h6-9,11-18,27H,10,19H2,1-5H3;1H2,2-3H3;1-2H/b7-6-,15-8-,20-17+,28-23?;;. The first-order valence-corrected chi connectivity index (χ1v) is 11.5. The molecular weight excluding hydrogens is 412 g/mol. The van der Waals surface area contributed by atoms with E-state index in [1.807, 2.05) is 33.2 Å². The molecule has 1 N–H and O–H groups in total. The number of nitrogens with one attached hydrogen (secondary N) is 1. The number of rotatable bonds is 8. The summed E-state index contributed by atoms with van der Waals surface area (Å²) in [6.07, 6.45) is 19.4. The van der Waals surface area contributed by atoms with Crippen molar-refractivity contribution >= 4 is 11.8 Å². The Balaban J connectivity index is 0.00000164. The summed E-state index contributed by atoms with van der Waals surface area (Å²) < 4.78 is 0. The van der Waals surface area contributed by atoms with Gasteiger partial charge in [-0.05, 0) is 76.9 Å². The second-order valence-electron chi connectivity index (χ2n) is 8.45. The van der Waals surface area contributed by atoms with Crippen molar-refractivity contribution in [2.45, 2.75) is 54.5 Å². The predicted octanol–water partition coefficient (Wildman–Crippen LogP) is 8.23. The second-order valence-corrected chi connectivity index (χ2v) is 8.45. The van der Waals surface area contributed by atoms with Gasteiger partial charge in [0, 0.05) is 12.8 Å². The first-order valence-electron chi connectivity index (χ1n) is 11.5. The maximum Gasteiger partial charge on any atom is 0.0648 e. The van der Waals surface area contributed by atoms with Gasteiger partial charge >= 0.3 is 0 Å². The molecule has 0 amide bonds. The second kappa shape index (κ2) is 17.9. The fraction of sp³-hybridized carbons (Fsp3) is 0.281. The molecular formula is C32H42N2. The van der Waals surface area contributed by atoms with Crippen LogP contribution in [-0.2, 0) is 6.54 Å². The largest absolute Gasteiger partial charge is 0.394 e. The van der Waals surface area contributed by atoms with E-state index in [1.165, 1.54) is 39.0 Å². The lowest BCUT2D eigenvalue weighted by Gasteiger charge is -2.08. The summed E-state index contributed by atoms with van der Waals surface area (Å²) in [6, 6.07) is 15.1. The van der Waals surface area contributed by atoms with Crippen LogP contribution in [0.25, 0.3) is 6.08 Å². The average Bonchev–Trinajstić information content (AvgIpc) is 2.79. The molecule has 34 heavy (non-hydrogen) atoms. The van der Waals surface area contributed by atoms with Crippen LogP contribution in [-0.4, -0.2) is 12.8 Å². The van der Waals surface area contributed by atoms with Crippen molar-refractivity contribution in [3.63, 3.8) is 0 Å². The molecule has 180 valence electrons. The predicted molar refractivity (Wildman–Crippen MR) is 154 cm³/mol. The summed E-state index contributed by atoms with van der Waals surface area (Å²) in [5, 5.41) is 2.99. The normalized spacial score (nSPS) is 11.4. The van der Waals surface area contributed by atoms with E-state index < -0.39 is 0 Å². The highest BCUT2D eigenvalue weighted by atomic mass is 14.8. The van der Waals surface area contributed by atoms with Crippen LogP contribution in [0.2, 0.25) is 0 Å². The lowest BCUT2D eigenvalue weighted by Crippen LogP contribution is -1.97. The number of hydrogen-bond acceptors (Lipinski definition) is 2. The molecule has 0 bridgehead atoms. The topological polar surface area (TPSA) is 24.4 Å². The maximum absolute atomic E-state index is 4.86. The van der Waals surface area contributed by atoms with E-state index in [-0.39, 0.29) is 0 Å². The quantitative estimate of drug-likeness (QED) is 0.185. The zero-order valence-electron chi connectivity index (χ0n) is 22.2. The van der Waals surface area contributed by atoms with Gasteiger partial charge in [-0.3, -0.25) is 4.99 Å². The molecule has 0 unspecified atom stereocenters. The number of hydrogen-bond donors (Lipinski definition) is 1. The summed E-state index contributed by atoms with van der Waals surface area (Å²) in [7, 11) is 1.90. The molecule has 0 radical (unpaired) electrons. The minimum Gasteiger partial charge on any atom is -0.394 e. The monoisotopic (exact) mass is 454 g/mol. The first kappa shape index (κ1) is 30.4. The number of aryl methyl sites for hydroxylation is 2. The van der Waals surface area contributed by atoms with Gasteiger partial charge in [0.15, 0.2) is 0 Å². The fourth-order valence-corrected chi connectivity index (χ4v) is 2.97. The van der Waals surface area contributed by atoms with E-state index in [4.69, 9.17) is 4.99 Å². The molecule has 0 fully saturated rings. The molecule has 0 aromatic heterocycles. The molecule has 0 saturated carbocycles. The van der Waals surface area contributed by atoms with E-state index in [1.54, 1.807) is 0 Å². The van der Waals surface area contributed by atoms with Crippen LogP contribution in [0.5, 0.6) is 0 Å². The van der Waals surface area contributed by atoms with Crippen molar-refractivity contribution in [2.75, 3.05) is 7.05 Å². The van der Waals surface area contributed by atoms with Gasteiger partial charge in [-0.1, -0.05) is 83.0 Å². The lowest BCUT2D eigenvalue weighted by atomic mass is 10.0. The molecule has 0 saturated heterocycles. The van der Waals surface area contributed by atoms with Crippen molar-refractivity contribution in [1.82, 2.24) is 5.32 Å². The molecule has 0 spiro atoms. The van der Waals surface area contributed by atoms with Crippen molar-refractivity contribution in [1.29, 1.82) is 0 Å². The highest BCUT2D eigenvalue weighted by molar-refractivity contribution is 5.98. The molecule has 2 rings (SSSR count). The number of aliphatic imine (C=N–C) groups is 1. The van der Waals surface area contributed by atoms with Crippen LogP contribution < -0.4 is 5.32 Å². The molecule has 2 aromatic carbocycles. The Morgan fingerprint density at radius 1 is 0.971 bits per heavy atom. The van der Waals surface area contributed by atoms with Crippen molar-refractivity contribution < 1.29 is 0 Å². The summed E-state index contributed by atoms with van der Waals surface area (Å²) in [6.45, 7) is 16.7. The summed E-state index contributed by atoms with van der Waals surface area (Å²) in [5.74, 6) is 0. The molecule has 0 aliphatic rings. The maximum atomic E-state index is 4.86. The van der Waals surface area contributed by atoms with Gasteiger partial charge < -0.3 is 5.32 Å². The Hall–Kier alpha value is -3.57. The number of benzene rings is 2. The number of allylic oxidation sites excluding steroid dienone is 5. The van der Waals surface area contributed by atoms with Gasteiger partial charge in [-0.25, -0.2) is 0 Å². The lowest BCUT2D eigenvalue weighted by molar-refractivity contribution is 1.05. The molecule has 0 atom stereocenters.